The molecule has 1 saturated heterocycles. The lowest BCUT2D eigenvalue weighted by Crippen LogP contribution is -2.44. The van der Waals surface area contributed by atoms with Crippen molar-refractivity contribution < 1.29 is 9.53 Å². The number of carbonyl (C=O) groups is 1. The van der Waals surface area contributed by atoms with Crippen molar-refractivity contribution in [2.75, 3.05) is 19.7 Å². The standard InChI is InChI=1S/C8H12INO2/c9-7-5-10(3-4-12-7)8(11)6-1-2-6/h6-7H,1-5H2. The Labute approximate surface area is 85.6 Å². The number of nitrogens with zero attached hydrogens (tertiary/aromatic N) is 1. The van der Waals surface area contributed by atoms with Crippen molar-refractivity contribution in [1.29, 1.82) is 0 Å². The number of alkyl halides is 1. The Bertz CT molecular complexity index is 193. The van der Waals surface area contributed by atoms with Gasteiger partial charge >= 0.3 is 0 Å². The summed E-state index contributed by atoms with van der Waals surface area (Å²) < 4.78 is 5.54. The average molecular weight is 281 g/mol. The molecule has 1 aliphatic carbocycles. The lowest BCUT2D eigenvalue weighted by molar-refractivity contribution is -0.137. The van der Waals surface area contributed by atoms with E-state index in [4.69, 9.17) is 4.74 Å². The molecule has 1 amide bonds. The van der Waals surface area contributed by atoms with Crippen molar-refractivity contribution >= 4 is 28.5 Å². The fraction of sp³-hybridized carbons (Fsp3) is 0.875. The van der Waals surface area contributed by atoms with E-state index < -0.39 is 0 Å². The monoisotopic (exact) mass is 281 g/mol. The largest absolute Gasteiger partial charge is 0.364 e. The summed E-state index contributed by atoms with van der Waals surface area (Å²) >= 11 is 2.23. The molecule has 1 heterocycles. The molecule has 0 bridgehead atoms. The minimum atomic E-state index is 0.194. The third-order valence-corrected chi connectivity index (χ3v) is 3.02. The Morgan fingerprint density at radius 1 is 1.50 bits per heavy atom. The molecule has 3 nitrogen and oxygen atoms in total. The highest BCUT2D eigenvalue weighted by molar-refractivity contribution is 14.1. The first-order chi connectivity index (χ1) is 5.77. The maximum Gasteiger partial charge on any atom is 0.225 e. The van der Waals surface area contributed by atoms with Crippen LogP contribution in [0.15, 0.2) is 0 Å². The molecule has 4 heteroatoms. The van der Waals surface area contributed by atoms with Gasteiger partial charge in [0.05, 0.1) is 13.2 Å². The quantitative estimate of drug-likeness (QED) is 0.530. The molecule has 0 aromatic heterocycles. The molecule has 0 radical (unpaired) electrons. The van der Waals surface area contributed by atoms with E-state index in [1.807, 2.05) is 4.90 Å². The van der Waals surface area contributed by atoms with Crippen LogP contribution in [0.4, 0.5) is 0 Å². The first-order valence-electron chi connectivity index (χ1n) is 4.32. The summed E-state index contributed by atoms with van der Waals surface area (Å²) in [6, 6.07) is 0. The number of hydrogen-bond donors (Lipinski definition) is 0. The van der Waals surface area contributed by atoms with Gasteiger partial charge in [0, 0.05) is 12.5 Å². The lowest BCUT2D eigenvalue weighted by atomic mass is 10.3. The molecule has 1 atom stereocenters. The van der Waals surface area contributed by atoms with Crippen LogP contribution in [0.2, 0.25) is 0 Å². The van der Waals surface area contributed by atoms with Gasteiger partial charge in [-0.25, -0.2) is 0 Å². The van der Waals surface area contributed by atoms with Crippen LogP contribution in [-0.4, -0.2) is 34.6 Å². The van der Waals surface area contributed by atoms with Gasteiger partial charge < -0.3 is 9.64 Å². The van der Waals surface area contributed by atoms with Crippen LogP contribution in [0.3, 0.4) is 0 Å². The molecule has 1 unspecified atom stereocenters. The van der Waals surface area contributed by atoms with E-state index in [0.29, 0.717) is 18.4 Å². The summed E-state index contributed by atoms with van der Waals surface area (Å²) in [5, 5.41) is 0. The number of ether oxygens (including phenoxy) is 1. The molecule has 0 N–H and O–H groups in total. The van der Waals surface area contributed by atoms with E-state index in [1.54, 1.807) is 0 Å². The Morgan fingerprint density at radius 2 is 2.25 bits per heavy atom. The smallest absolute Gasteiger partial charge is 0.225 e. The molecule has 1 aliphatic heterocycles. The molecule has 2 rings (SSSR count). The average Bonchev–Trinajstić information content (AvgIpc) is 2.85. The van der Waals surface area contributed by atoms with Gasteiger partial charge in [0.2, 0.25) is 5.91 Å². The van der Waals surface area contributed by atoms with Gasteiger partial charge in [-0.15, -0.1) is 0 Å². The van der Waals surface area contributed by atoms with Gasteiger partial charge in [0.15, 0.2) is 0 Å². The molecule has 0 aromatic carbocycles. The summed E-state index contributed by atoms with van der Waals surface area (Å²) in [5.74, 6) is 0.701. The molecule has 1 saturated carbocycles. The lowest BCUT2D eigenvalue weighted by Gasteiger charge is -2.30. The normalized spacial score (nSPS) is 30.4. The van der Waals surface area contributed by atoms with Gasteiger partial charge in [-0.1, -0.05) is 0 Å². The number of rotatable bonds is 1. The zero-order valence-corrected chi connectivity index (χ0v) is 8.99. The highest BCUT2D eigenvalue weighted by Gasteiger charge is 2.35. The number of morpholine rings is 1. The maximum atomic E-state index is 11.6. The summed E-state index contributed by atoms with van der Waals surface area (Å²) in [4.78, 5) is 13.5. The fourth-order valence-electron chi connectivity index (χ4n) is 1.40. The summed E-state index contributed by atoms with van der Waals surface area (Å²) in [7, 11) is 0. The molecule has 0 aromatic rings. The predicted molar refractivity (Wildman–Crippen MR) is 53.1 cm³/mol. The molecule has 2 aliphatic rings. The molecule has 68 valence electrons. The predicted octanol–water partition coefficient (Wildman–Crippen LogP) is 1.02. The van der Waals surface area contributed by atoms with Crippen LogP contribution in [-0.2, 0) is 9.53 Å². The van der Waals surface area contributed by atoms with E-state index in [9.17, 15) is 4.79 Å². The van der Waals surface area contributed by atoms with Crippen LogP contribution in [0.25, 0.3) is 0 Å². The van der Waals surface area contributed by atoms with E-state index in [1.165, 1.54) is 0 Å². The fourth-order valence-corrected chi connectivity index (χ4v) is 2.13. The molecule has 12 heavy (non-hydrogen) atoms. The van der Waals surface area contributed by atoms with Crippen LogP contribution in [0.5, 0.6) is 0 Å². The second-order valence-corrected chi connectivity index (χ2v) is 4.73. The zero-order chi connectivity index (χ0) is 8.55. The topological polar surface area (TPSA) is 29.5 Å². The first-order valence-corrected chi connectivity index (χ1v) is 5.56. The van der Waals surface area contributed by atoms with Crippen molar-refractivity contribution in [3.63, 3.8) is 0 Å². The highest BCUT2D eigenvalue weighted by Crippen LogP contribution is 2.31. The van der Waals surface area contributed by atoms with Gasteiger partial charge in [-0.3, -0.25) is 4.79 Å². The Kier molecular flexibility index (Phi) is 2.55. The highest BCUT2D eigenvalue weighted by atomic mass is 127. The van der Waals surface area contributed by atoms with Gasteiger partial charge in [-0.05, 0) is 35.4 Å². The third kappa shape index (κ3) is 1.90. The van der Waals surface area contributed by atoms with Crippen LogP contribution in [0.1, 0.15) is 12.8 Å². The zero-order valence-electron chi connectivity index (χ0n) is 6.83. The SMILES string of the molecule is O=C(C1CC1)N1CCOC(I)C1. The van der Waals surface area contributed by atoms with Crippen molar-refractivity contribution in [1.82, 2.24) is 4.90 Å². The Morgan fingerprint density at radius 3 is 2.83 bits per heavy atom. The second kappa shape index (κ2) is 3.49. The molecule has 0 spiro atoms. The Hall–Kier alpha value is 0.160. The van der Waals surface area contributed by atoms with Crippen molar-refractivity contribution in [3.05, 3.63) is 0 Å². The van der Waals surface area contributed by atoms with E-state index in [0.717, 1.165) is 25.9 Å². The number of hydrogen-bond acceptors (Lipinski definition) is 2. The summed E-state index contributed by atoms with van der Waals surface area (Å²) in [5.41, 5.74) is 0. The van der Waals surface area contributed by atoms with Crippen LogP contribution < -0.4 is 0 Å². The minimum Gasteiger partial charge on any atom is -0.364 e. The molecule has 2 fully saturated rings. The van der Waals surface area contributed by atoms with Crippen molar-refractivity contribution in [3.8, 4) is 0 Å². The Balaban J connectivity index is 1.89. The van der Waals surface area contributed by atoms with Gasteiger partial charge in [0.1, 0.15) is 4.11 Å². The van der Waals surface area contributed by atoms with Crippen molar-refractivity contribution in [2.24, 2.45) is 5.92 Å². The van der Waals surface area contributed by atoms with Crippen LogP contribution in [0, 0.1) is 5.92 Å². The number of halogens is 1. The number of amides is 1. The summed E-state index contributed by atoms with van der Waals surface area (Å²) in [6.07, 6.45) is 2.20. The number of carbonyl (C=O) groups excluding carboxylic acids is 1. The van der Waals surface area contributed by atoms with E-state index >= 15 is 0 Å². The minimum absolute atomic E-state index is 0.194. The molecular formula is C8H12INO2. The second-order valence-electron chi connectivity index (χ2n) is 3.34. The van der Waals surface area contributed by atoms with E-state index in [-0.39, 0.29) is 4.11 Å². The summed E-state index contributed by atoms with van der Waals surface area (Å²) in [6.45, 7) is 2.26. The first kappa shape index (κ1) is 8.74. The van der Waals surface area contributed by atoms with E-state index in [2.05, 4.69) is 22.6 Å². The van der Waals surface area contributed by atoms with Crippen molar-refractivity contribution in [2.45, 2.75) is 17.0 Å². The van der Waals surface area contributed by atoms with Crippen LogP contribution >= 0.6 is 22.6 Å². The third-order valence-electron chi connectivity index (χ3n) is 2.26. The van der Waals surface area contributed by atoms with Gasteiger partial charge in [-0.2, -0.15) is 0 Å². The maximum absolute atomic E-state index is 11.6. The van der Waals surface area contributed by atoms with Gasteiger partial charge in [0.25, 0.3) is 0 Å². The molecular weight excluding hydrogens is 269 g/mol.